The van der Waals surface area contributed by atoms with Crippen molar-refractivity contribution in [3.63, 3.8) is 0 Å². The van der Waals surface area contributed by atoms with Crippen LogP contribution in [0.1, 0.15) is 50.4 Å². The number of aryl methyl sites for hydroxylation is 2. The van der Waals surface area contributed by atoms with Gasteiger partial charge in [0, 0.05) is 18.3 Å². The summed E-state index contributed by atoms with van der Waals surface area (Å²) < 4.78 is 3.00. The lowest BCUT2D eigenvalue weighted by atomic mass is 9.90. The van der Waals surface area contributed by atoms with E-state index in [4.69, 9.17) is 0 Å². The molecule has 6 heteroatoms. The van der Waals surface area contributed by atoms with Gasteiger partial charge in [0.25, 0.3) is 0 Å². The highest BCUT2D eigenvalue weighted by Gasteiger charge is 2.40. The average molecular weight is 358 g/mol. The summed E-state index contributed by atoms with van der Waals surface area (Å²) in [6, 6.07) is 0.392. The molecule has 1 atom stereocenters. The second-order valence-corrected chi connectivity index (χ2v) is 6.76. The quantitative estimate of drug-likeness (QED) is 0.750. The van der Waals surface area contributed by atoms with E-state index in [0.29, 0.717) is 18.9 Å². The van der Waals surface area contributed by atoms with E-state index in [1.54, 1.807) is 0 Å². The molecule has 2 N–H and O–H groups in total. The summed E-state index contributed by atoms with van der Waals surface area (Å²) in [5, 5.41) is 17.4. The molecule has 0 radical (unpaired) electrons. The van der Waals surface area contributed by atoms with E-state index in [2.05, 4.69) is 26.3 Å². The molecule has 1 heterocycles. The molecule has 1 aromatic heterocycles. The highest BCUT2D eigenvalue weighted by atomic mass is 79.9. The number of rotatable bonds is 8. The minimum absolute atomic E-state index is 0.392. The standard InChI is InChI=1S/C15H24BrN3O2/c1-4-15(14(20)21,17-12-6-7-12)8-5-9-19-11(3)13(16)10(2)18-19/h12,17H,4-9H2,1-3H3,(H,20,21). The maximum Gasteiger partial charge on any atom is 0.323 e. The van der Waals surface area contributed by atoms with E-state index in [9.17, 15) is 9.90 Å². The predicted octanol–water partition coefficient (Wildman–Crippen LogP) is 3.03. The van der Waals surface area contributed by atoms with Crippen molar-refractivity contribution in [3.05, 3.63) is 15.9 Å². The molecule has 0 amide bonds. The SMILES string of the molecule is CCC(CCCn1nc(C)c(Br)c1C)(NC1CC1)C(=O)O. The Morgan fingerprint density at radius 2 is 2.19 bits per heavy atom. The number of halogens is 1. The first-order valence-corrected chi connectivity index (χ1v) is 8.39. The maximum absolute atomic E-state index is 11.7. The molecular weight excluding hydrogens is 334 g/mol. The molecule has 1 fully saturated rings. The van der Waals surface area contributed by atoms with E-state index < -0.39 is 11.5 Å². The number of aliphatic carboxylic acids is 1. The molecule has 0 bridgehead atoms. The van der Waals surface area contributed by atoms with Gasteiger partial charge in [-0.05, 0) is 61.9 Å². The minimum atomic E-state index is -0.783. The summed E-state index contributed by atoms with van der Waals surface area (Å²) in [6.45, 7) is 6.69. The first-order valence-electron chi connectivity index (χ1n) is 7.60. The van der Waals surface area contributed by atoms with Crippen molar-refractivity contribution in [2.75, 3.05) is 0 Å². The van der Waals surface area contributed by atoms with Crippen LogP contribution >= 0.6 is 15.9 Å². The normalized spacial score (nSPS) is 17.7. The highest BCUT2D eigenvalue weighted by molar-refractivity contribution is 9.10. The molecule has 21 heavy (non-hydrogen) atoms. The molecule has 2 rings (SSSR count). The van der Waals surface area contributed by atoms with Crippen molar-refractivity contribution in [1.82, 2.24) is 15.1 Å². The van der Waals surface area contributed by atoms with Crippen LogP contribution in [0, 0.1) is 13.8 Å². The number of nitrogens with one attached hydrogen (secondary N) is 1. The largest absolute Gasteiger partial charge is 0.480 e. The predicted molar refractivity (Wildman–Crippen MR) is 85.5 cm³/mol. The first kappa shape index (κ1) is 16.5. The van der Waals surface area contributed by atoms with E-state index in [1.807, 2.05) is 25.5 Å². The van der Waals surface area contributed by atoms with Gasteiger partial charge in [-0.15, -0.1) is 0 Å². The highest BCUT2D eigenvalue weighted by Crippen LogP contribution is 2.28. The monoisotopic (exact) mass is 357 g/mol. The Morgan fingerprint density at radius 1 is 1.52 bits per heavy atom. The zero-order chi connectivity index (χ0) is 15.6. The number of carboxylic acid groups (broad SMARTS) is 1. The Morgan fingerprint density at radius 3 is 2.62 bits per heavy atom. The van der Waals surface area contributed by atoms with Crippen molar-refractivity contribution < 1.29 is 9.90 Å². The molecule has 1 aromatic rings. The molecule has 0 aliphatic heterocycles. The van der Waals surface area contributed by atoms with Gasteiger partial charge in [-0.2, -0.15) is 5.10 Å². The van der Waals surface area contributed by atoms with Crippen LogP contribution in [-0.4, -0.2) is 32.4 Å². The fraction of sp³-hybridized carbons (Fsp3) is 0.733. The van der Waals surface area contributed by atoms with Gasteiger partial charge in [-0.3, -0.25) is 14.8 Å². The lowest BCUT2D eigenvalue weighted by Crippen LogP contribution is -2.52. The molecule has 1 aliphatic rings. The Labute approximate surface area is 134 Å². The smallest absolute Gasteiger partial charge is 0.323 e. The maximum atomic E-state index is 11.7. The number of hydrogen-bond donors (Lipinski definition) is 2. The van der Waals surface area contributed by atoms with Crippen LogP contribution in [0.3, 0.4) is 0 Å². The van der Waals surface area contributed by atoms with Crippen molar-refractivity contribution in [3.8, 4) is 0 Å². The molecular formula is C15H24BrN3O2. The third kappa shape index (κ3) is 3.66. The topological polar surface area (TPSA) is 67.2 Å². The third-order valence-corrected chi connectivity index (χ3v) is 5.48. The van der Waals surface area contributed by atoms with Gasteiger partial charge in [0.2, 0.25) is 0 Å². The number of hydrogen-bond acceptors (Lipinski definition) is 3. The lowest BCUT2D eigenvalue weighted by molar-refractivity contribution is -0.145. The molecule has 1 unspecified atom stereocenters. The van der Waals surface area contributed by atoms with Gasteiger partial charge in [0.15, 0.2) is 0 Å². The fourth-order valence-corrected chi connectivity index (χ4v) is 3.00. The molecule has 118 valence electrons. The Hall–Kier alpha value is -0.880. The van der Waals surface area contributed by atoms with Crippen LogP contribution in [0.4, 0.5) is 0 Å². The van der Waals surface area contributed by atoms with Crippen LogP contribution < -0.4 is 5.32 Å². The minimum Gasteiger partial charge on any atom is -0.480 e. The van der Waals surface area contributed by atoms with E-state index in [0.717, 1.165) is 41.7 Å². The van der Waals surface area contributed by atoms with E-state index >= 15 is 0 Å². The van der Waals surface area contributed by atoms with Gasteiger partial charge >= 0.3 is 5.97 Å². The molecule has 0 saturated heterocycles. The molecule has 1 aliphatic carbocycles. The summed E-state index contributed by atoms with van der Waals surface area (Å²) in [6.07, 6.45) is 4.23. The third-order valence-electron chi connectivity index (χ3n) is 4.34. The van der Waals surface area contributed by atoms with Gasteiger partial charge in [0.1, 0.15) is 5.54 Å². The fourth-order valence-electron chi connectivity index (χ4n) is 2.71. The van der Waals surface area contributed by atoms with Crippen molar-refractivity contribution in [1.29, 1.82) is 0 Å². The van der Waals surface area contributed by atoms with Crippen LogP contribution in [0.5, 0.6) is 0 Å². The zero-order valence-electron chi connectivity index (χ0n) is 12.9. The van der Waals surface area contributed by atoms with Crippen LogP contribution in [0.15, 0.2) is 4.47 Å². The number of nitrogens with zero attached hydrogens (tertiary/aromatic N) is 2. The van der Waals surface area contributed by atoms with Crippen LogP contribution in [0.2, 0.25) is 0 Å². The molecule has 0 aromatic carbocycles. The Bertz CT molecular complexity index is 525. The number of carbonyl (C=O) groups is 1. The van der Waals surface area contributed by atoms with Gasteiger partial charge < -0.3 is 5.11 Å². The summed E-state index contributed by atoms with van der Waals surface area (Å²) >= 11 is 3.52. The lowest BCUT2D eigenvalue weighted by Gasteiger charge is -2.29. The van der Waals surface area contributed by atoms with Gasteiger partial charge in [-0.1, -0.05) is 6.92 Å². The van der Waals surface area contributed by atoms with Crippen LogP contribution in [-0.2, 0) is 11.3 Å². The second-order valence-electron chi connectivity index (χ2n) is 5.97. The van der Waals surface area contributed by atoms with Crippen molar-refractivity contribution in [2.45, 2.75) is 71.0 Å². The summed E-state index contributed by atoms with van der Waals surface area (Å²) in [5.41, 5.74) is 1.29. The number of aromatic nitrogens is 2. The second kappa shape index (κ2) is 6.48. The Balaban J connectivity index is 1.98. The molecule has 1 saturated carbocycles. The zero-order valence-corrected chi connectivity index (χ0v) is 14.5. The van der Waals surface area contributed by atoms with E-state index in [1.165, 1.54) is 0 Å². The van der Waals surface area contributed by atoms with Gasteiger partial charge in [-0.25, -0.2) is 0 Å². The Kier molecular flexibility index (Phi) is 5.09. The van der Waals surface area contributed by atoms with Crippen molar-refractivity contribution >= 4 is 21.9 Å². The average Bonchev–Trinajstić information content (AvgIpc) is 3.22. The summed E-state index contributed by atoms with van der Waals surface area (Å²) in [5.74, 6) is -0.730. The van der Waals surface area contributed by atoms with E-state index in [-0.39, 0.29) is 0 Å². The first-order chi connectivity index (χ1) is 9.89. The summed E-state index contributed by atoms with van der Waals surface area (Å²) in [4.78, 5) is 11.7. The summed E-state index contributed by atoms with van der Waals surface area (Å²) in [7, 11) is 0. The molecule has 0 spiro atoms. The van der Waals surface area contributed by atoms with Crippen LogP contribution in [0.25, 0.3) is 0 Å². The number of carboxylic acids is 1. The van der Waals surface area contributed by atoms with Gasteiger partial charge in [0.05, 0.1) is 10.2 Å². The van der Waals surface area contributed by atoms with Crippen molar-refractivity contribution in [2.24, 2.45) is 0 Å². The molecule has 5 nitrogen and oxygen atoms in total.